The molecule has 48 heavy (non-hydrogen) atoms. The fourth-order valence-electron chi connectivity index (χ4n) is 7.81. The highest BCUT2D eigenvalue weighted by Crippen LogP contribution is 2.47. The SMILES string of the molecule is COCCNC(=O)N[S@@]1(=O)=NC(=O)c2ccc3c(c2)N(C[C@@H]2CC[C@H]2[C@@H](OC)/C=C/C[C@H](C)C1)C[C@@]1(CCCc2cc(Cl)ccc21)CO3. The lowest BCUT2D eigenvalue weighted by Gasteiger charge is -2.46. The van der Waals surface area contributed by atoms with Crippen LogP contribution in [0.3, 0.4) is 0 Å². The number of hydrogen-bond acceptors (Lipinski definition) is 7. The number of urea groups is 1. The fraction of sp³-hybridized carbons (Fsp3) is 0.556. The summed E-state index contributed by atoms with van der Waals surface area (Å²) in [6.45, 7) is 4.47. The van der Waals surface area contributed by atoms with Gasteiger partial charge in [0.2, 0.25) is 0 Å². The van der Waals surface area contributed by atoms with Crippen LogP contribution in [0.4, 0.5) is 10.5 Å². The van der Waals surface area contributed by atoms with Crippen LogP contribution < -0.4 is 19.7 Å². The van der Waals surface area contributed by atoms with Crippen LogP contribution in [0.15, 0.2) is 52.9 Å². The molecule has 1 spiro atoms. The van der Waals surface area contributed by atoms with E-state index in [4.69, 9.17) is 25.8 Å². The molecule has 2 aliphatic carbocycles. The van der Waals surface area contributed by atoms with Gasteiger partial charge in [0.25, 0.3) is 5.91 Å². The zero-order valence-corrected chi connectivity index (χ0v) is 29.6. The molecular weight excluding hydrogens is 652 g/mol. The summed E-state index contributed by atoms with van der Waals surface area (Å²) in [7, 11) is -0.189. The average Bonchev–Trinajstić information content (AvgIpc) is 3.18. The van der Waals surface area contributed by atoms with Crippen LogP contribution >= 0.6 is 11.6 Å². The highest BCUT2D eigenvalue weighted by Gasteiger charge is 2.44. The van der Waals surface area contributed by atoms with Gasteiger partial charge < -0.3 is 24.4 Å². The summed E-state index contributed by atoms with van der Waals surface area (Å²) >= 11 is 6.44. The first-order chi connectivity index (χ1) is 23.1. The molecule has 2 aromatic rings. The van der Waals surface area contributed by atoms with Gasteiger partial charge >= 0.3 is 6.03 Å². The molecule has 4 aliphatic rings. The van der Waals surface area contributed by atoms with Crippen LogP contribution in [-0.2, 0) is 31.2 Å². The molecule has 0 aromatic heterocycles. The second kappa shape index (κ2) is 14.8. The number of fused-ring (bicyclic) bond motifs is 4. The minimum absolute atomic E-state index is 0.0105. The van der Waals surface area contributed by atoms with E-state index in [1.165, 1.54) is 18.2 Å². The third kappa shape index (κ3) is 7.54. The van der Waals surface area contributed by atoms with Gasteiger partial charge in [0.15, 0.2) is 0 Å². The maximum Gasteiger partial charge on any atom is 0.327 e. The number of halogens is 1. The number of nitrogens with zero attached hydrogens (tertiary/aromatic N) is 2. The van der Waals surface area contributed by atoms with Gasteiger partial charge in [0.1, 0.15) is 15.7 Å². The third-order valence-corrected chi connectivity index (χ3v) is 12.6. The molecule has 3 amide bonds. The molecule has 2 heterocycles. The summed E-state index contributed by atoms with van der Waals surface area (Å²) in [6.07, 6.45) is 9.88. The number of hydrogen-bond donors (Lipinski definition) is 2. The highest BCUT2D eigenvalue weighted by atomic mass is 35.5. The molecule has 2 aromatic carbocycles. The summed E-state index contributed by atoms with van der Waals surface area (Å²) in [5.74, 6) is 0.674. The molecular formula is C36H47ClN4O6S. The lowest BCUT2D eigenvalue weighted by atomic mass is 9.68. The van der Waals surface area contributed by atoms with Crippen molar-refractivity contribution >= 4 is 39.1 Å². The van der Waals surface area contributed by atoms with Crippen molar-refractivity contribution in [3.05, 3.63) is 70.3 Å². The van der Waals surface area contributed by atoms with E-state index < -0.39 is 21.9 Å². The minimum atomic E-state index is -3.48. The summed E-state index contributed by atoms with van der Waals surface area (Å²) < 4.78 is 38.6. The van der Waals surface area contributed by atoms with Crippen molar-refractivity contribution in [1.82, 2.24) is 10.0 Å². The predicted molar refractivity (Wildman–Crippen MR) is 188 cm³/mol. The van der Waals surface area contributed by atoms with E-state index in [1.54, 1.807) is 13.2 Å². The Morgan fingerprint density at radius 1 is 1.21 bits per heavy atom. The molecule has 1 fully saturated rings. The number of allylic oxidation sites excluding steroid dienone is 1. The summed E-state index contributed by atoms with van der Waals surface area (Å²) in [5, 5.41) is 3.37. The van der Waals surface area contributed by atoms with Crippen LogP contribution in [0.25, 0.3) is 0 Å². The number of anilines is 1. The maximum atomic E-state index is 14.2. The molecule has 1 saturated carbocycles. The second-order valence-corrected chi connectivity index (χ2v) is 16.2. The maximum absolute atomic E-state index is 14.2. The summed E-state index contributed by atoms with van der Waals surface area (Å²) in [4.78, 5) is 28.9. The van der Waals surface area contributed by atoms with E-state index in [0.29, 0.717) is 42.8 Å². The van der Waals surface area contributed by atoms with Crippen molar-refractivity contribution in [2.24, 2.45) is 22.1 Å². The normalized spacial score (nSPS) is 30.8. The number of ether oxygens (including phenoxy) is 3. The minimum Gasteiger partial charge on any atom is -0.490 e. The van der Waals surface area contributed by atoms with Crippen molar-refractivity contribution in [3.8, 4) is 5.75 Å². The standard InChI is InChI=1S/C36H47ClN4O6S/c1-24-6-4-8-32(46-3)29-12-9-27(29)20-41-22-36(15-5-7-25-18-28(37)11-13-30(25)36)23-47-33-14-10-26(19-31(33)41)34(42)39-48(44,21-24)40-35(43)38-16-17-45-2/h4,8,10-11,13-14,18-19,24,27,29,32H,5-7,9,12,15-17,20-23H2,1-3H3,(H2,38,39,40,42,43,44)/b8-4+/t24-,27-,29+,32-,36-,48-/m0/s1. The Hall–Kier alpha value is -3.12. The third-order valence-electron chi connectivity index (χ3n) is 10.4. The van der Waals surface area contributed by atoms with Crippen molar-refractivity contribution in [2.45, 2.75) is 57.0 Å². The molecule has 2 aliphatic heterocycles. The average molecular weight is 699 g/mol. The molecule has 10 nitrogen and oxygen atoms in total. The first kappa shape index (κ1) is 34.7. The van der Waals surface area contributed by atoms with Gasteiger partial charge in [0, 0.05) is 49.9 Å². The largest absolute Gasteiger partial charge is 0.490 e. The molecule has 6 rings (SSSR count). The number of carbonyl (C=O) groups excluding carboxylic acids is 2. The van der Waals surface area contributed by atoms with Gasteiger partial charge in [-0.3, -0.25) is 9.52 Å². The molecule has 12 heteroatoms. The van der Waals surface area contributed by atoms with E-state index in [0.717, 1.165) is 55.9 Å². The molecule has 6 atom stereocenters. The second-order valence-electron chi connectivity index (χ2n) is 13.8. The molecule has 0 saturated heterocycles. The first-order valence-electron chi connectivity index (χ1n) is 17.0. The van der Waals surface area contributed by atoms with E-state index in [1.807, 2.05) is 25.1 Å². The predicted octanol–water partition coefficient (Wildman–Crippen LogP) is 5.92. The topological polar surface area (TPSA) is 119 Å². The number of aryl methyl sites for hydroxylation is 1. The number of benzene rings is 2. The van der Waals surface area contributed by atoms with E-state index >= 15 is 0 Å². The van der Waals surface area contributed by atoms with Crippen molar-refractivity contribution in [2.75, 3.05) is 57.7 Å². The van der Waals surface area contributed by atoms with Gasteiger partial charge in [-0.05, 0) is 97.7 Å². The number of amides is 3. The van der Waals surface area contributed by atoms with E-state index in [-0.39, 0.29) is 29.7 Å². The lowest BCUT2D eigenvalue weighted by molar-refractivity contribution is 0.0131. The summed E-state index contributed by atoms with van der Waals surface area (Å²) in [5.41, 5.74) is 3.40. The van der Waals surface area contributed by atoms with Crippen LogP contribution in [0.2, 0.25) is 5.02 Å². The zero-order chi connectivity index (χ0) is 33.9. The van der Waals surface area contributed by atoms with Crippen LogP contribution in [-0.4, -0.2) is 75.1 Å². The molecule has 2 bridgehead atoms. The molecule has 2 N–H and O–H groups in total. The lowest BCUT2D eigenvalue weighted by Crippen LogP contribution is -2.49. The van der Waals surface area contributed by atoms with Gasteiger partial charge in [0.05, 0.1) is 30.8 Å². The molecule has 0 unspecified atom stereocenters. The van der Waals surface area contributed by atoms with Gasteiger partial charge in [-0.15, -0.1) is 4.36 Å². The molecule has 0 radical (unpaired) electrons. The van der Waals surface area contributed by atoms with Crippen molar-refractivity contribution in [3.63, 3.8) is 0 Å². The molecule has 260 valence electrons. The monoisotopic (exact) mass is 698 g/mol. The zero-order valence-electron chi connectivity index (χ0n) is 28.0. The Morgan fingerprint density at radius 2 is 2.06 bits per heavy atom. The Morgan fingerprint density at radius 3 is 2.83 bits per heavy atom. The Labute approximate surface area is 289 Å². The Balaban J connectivity index is 1.41. The summed E-state index contributed by atoms with van der Waals surface area (Å²) in [6, 6.07) is 10.9. The highest BCUT2D eigenvalue weighted by molar-refractivity contribution is 7.92. The van der Waals surface area contributed by atoms with Crippen LogP contribution in [0.1, 0.15) is 60.5 Å². The van der Waals surface area contributed by atoms with Crippen LogP contribution in [0.5, 0.6) is 5.75 Å². The van der Waals surface area contributed by atoms with Crippen molar-refractivity contribution < 1.29 is 28.0 Å². The quantitative estimate of drug-likeness (QED) is 0.294. The number of nitrogens with one attached hydrogen (secondary N) is 2. The number of rotatable bonds is 5. The smallest absolute Gasteiger partial charge is 0.327 e. The van der Waals surface area contributed by atoms with Crippen LogP contribution in [0, 0.1) is 17.8 Å². The van der Waals surface area contributed by atoms with E-state index in [2.05, 4.69) is 43.6 Å². The number of methoxy groups -OCH3 is 2. The fourth-order valence-corrected chi connectivity index (χ4v) is 9.86. The van der Waals surface area contributed by atoms with Gasteiger partial charge in [-0.1, -0.05) is 36.7 Å². The van der Waals surface area contributed by atoms with Gasteiger partial charge in [-0.25, -0.2) is 9.00 Å². The Bertz CT molecular complexity index is 1680. The first-order valence-corrected chi connectivity index (χ1v) is 19.0. The Kier molecular flexibility index (Phi) is 10.7. The number of carbonyl (C=O) groups is 2. The van der Waals surface area contributed by atoms with Gasteiger partial charge in [-0.2, -0.15) is 0 Å². The van der Waals surface area contributed by atoms with Crippen molar-refractivity contribution in [1.29, 1.82) is 0 Å². The van der Waals surface area contributed by atoms with E-state index in [9.17, 15) is 13.8 Å².